The highest BCUT2D eigenvalue weighted by Crippen LogP contribution is 2.21. The second-order valence-corrected chi connectivity index (χ2v) is 5.66. The van der Waals surface area contributed by atoms with Crippen LogP contribution >= 0.6 is 0 Å². The number of benzene rings is 1. The minimum absolute atomic E-state index is 0.167. The molecule has 4 nitrogen and oxygen atoms in total. The second-order valence-electron chi connectivity index (χ2n) is 5.66. The quantitative estimate of drug-likeness (QED) is 0.817. The van der Waals surface area contributed by atoms with Gasteiger partial charge in [0.25, 0.3) is 0 Å². The molecule has 0 aliphatic carbocycles. The van der Waals surface area contributed by atoms with Crippen molar-refractivity contribution in [2.24, 2.45) is 5.92 Å². The first kappa shape index (κ1) is 14.0. The SMILES string of the molecule is CC(CN1CC(C)(O)C1)C(=O)OCc1ccccc1. The van der Waals surface area contributed by atoms with Crippen LogP contribution in [0.2, 0.25) is 0 Å². The molecule has 1 atom stereocenters. The van der Waals surface area contributed by atoms with Gasteiger partial charge >= 0.3 is 5.97 Å². The van der Waals surface area contributed by atoms with Crippen molar-refractivity contribution in [1.82, 2.24) is 4.90 Å². The van der Waals surface area contributed by atoms with Crippen LogP contribution in [-0.2, 0) is 16.1 Å². The molecule has 1 unspecified atom stereocenters. The lowest BCUT2D eigenvalue weighted by Gasteiger charge is -2.45. The topological polar surface area (TPSA) is 49.8 Å². The Morgan fingerprint density at radius 3 is 2.63 bits per heavy atom. The molecule has 1 aliphatic rings. The van der Waals surface area contributed by atoms with Gasteiger partial charge in [-0.05, 0) is 12.5 Å². The smallest absolute Gasteiger partial charge is 0.310 e. The number of ether oxygens (including phenoxy) is 1. The summed E-state index contributed by atoms with van der Waals surface area (Å²) in [6.45, 7) is 5.89. The van der Waals surface area contributed by atoms with Crippen LogP contribution in [0.5, 0.6) is 0 Å². The average molecular weight is 263 g/mol. The Bertz CT molecular complexity index is 422. The molecule has 1 heterocycles. The highest BCUT2D eigenvalue weighted by molar-refractivity contribution is 5.72. The number of rotatable bonds is 5. The summed E-state index contributed by atoms with van der Waals surface area (Å²) in [5.74, 6) is -0.352. The number of carbonyl (C=O) groups is 1. The van der Waals surface area contributed by atoms with Crippen molar-refractivity contribution in [3.8, 4) is 0 Å². The maximum Gasteiger partial charge on any atom is 0.310 e. The van der Waals surface area contributed by atoms with Gasteiger partial charge in [0, 0.05) is 19.6 Å². The van der Waals surface area contributed by atoms with Crippen molar-refractivity contribution in [3.63, 3.8) is 0 Å². The molecule has 1 N–H and O–H groups in total. The van der Waals surface area contributed by atoms with Crippen LogP contribution in [0.25, 0.3) is 0 Å². The van der Waals surface area contributed by atoms with E-state index in [0.29, 0.717) is 26.2 Å². The van der Waals surface area contributed by atoms with Gasteiger partial charge in [0.1, 0.15) is 6.61 Å². The first-order chi connectivity index (χ1) is 8.96. The van der Waals surface area contributed by atoms with E-state index < -0.39 is 5.60 Å². The molecule has 1 aromatic rings. The molecule has 1 fully saturated rings. The highest BCUT2D eigenvalue weighted by atomic mass is 16.5. The Morgan fingerprint density at radius 1 is 1.42 bits per heavy atom. The standard InChI is InChI=1S/C15H21NO3/c1-12(8-16-10-15(2,18)11-16)14(17)19-9-13-6-4-3-5-7-13/h3-7,12,18H,8-11H2,1-2H3. The number of carbonyl (C=O) groups excluding carboxylic acids is 1. The lowest BCUT2D eigenvalue weighted by atomic mass is 9.95. The molecule has 1 aliphatic heterocycles. The lowest BCUT2D eigenvalue weighted by Crippen LogP contribution is -2.60. The fourth-order valence-electron chi connectivity index (χ4n) is 2.38. The van der Waals surface area contributed by atoms with Crippen LogP contribution in [0.15, 0.2) is 30.3 Å². The van der Waals surface area contributed by atoms with E-state index in [2.05, 4.69) is 4.90 Å². The van der Waals surface area contributed by atoms with Crippen molar-refractivity contribution >= 4 is 5.97 Å². The van der Waals surface area contributed by atoms with E-state index in [1.807, 2.05) is 44.2 Å². The Hall–Kier alpha value is -1.39. The zero-order valence-electron chi connectivity index (χ0n) is 11.5. The van der Waals surface area contributed by atoms with E-state index in [1.54, 1.807) is 0 Å². The van der Waals surface area contributed by atoms with Gasteiger partial charge in [0.05, 0.1) is 11.5 Å². The molecule has 0 radical (unpaired) electrons. The van der Waals surface area contributed by atoms with E-state index in [-0.39, 0.29) is 11.9 Å². The van der Waals surface area contributed by atoms with Gasteiger partial charge in [-0.3, -0.25) is 9.69 Å². The van der Waals surface area contributed by atoms with Crippen LogP contribution < -0.4 is 0 Å². The molecule has 2 rings (SSSR count). The Morgan fingerprint density at radius 2 is 2.05 bits per heavy atom. The van der Waals surface area contributed by atoms with E-state index in [9.17, 15) is 9.90 Å². The van der Waals surface area contributed by atoms with Crippen LogP contribution in [0, 0.1) is 5.92 Å². The summed E-state index contributed by atoms with van der Waals surface area (Å²) in [6.07, 6.45) is 0. The predicted octanol–water partition coefficient (Wildman–Crippen LogP) is 1.43. The molecule has 1 saturated heterocycles. The molecule has 0 aromatic heterocycles. The monoisotopic (exact) mass is 263 g/mol. The summed E-state index contributed by atoms with van der Waals surface area (Å²) in [6, 6.07) is 9.66. The van der Waals surface area contributed by atoms with Crippen LogP contribution in [0.1, 0.15) is 19.4 Å². The third kappa shape index (κ3) is 4.04. The summed E-state index contributed by atoms with van der Waals surface area (Å²) in [5.41, 5.74) is 0.406. The van der Waals surface area contributed by atoms with Gasteiger partial charge in [-0.25, -0.2) is 0 Å². The van der Waals surface area contributed by atoms with Gasteiger partial charge in [-0.1, -0.05) is 37.3 Å². The lowest BCUT2D eigenvalue weighted by molar-refractivity contribution is -0.152. The highest BCUT2D eigenvalue weighted by Gasteiger charge is 2.37. The minimum Gasteiger partial charge on any atom is -0.461 e. The average Bonchev–Trinajstić information content (AvgIpc) is 2.35. The number of likely N-dealkylation sites (tertiary alicyclic amines) is 1. The van der Waals surface area contributed by atoms with Crippen LogP contribution in [0.3, 0.4) is 0 Å². The fourth-order valence-corrected chi connectivity index (χ4v) is 2.38. The number of hydrogen-bond donors (Lipinski definition) is 1. The van der Waals surface area contributed by atoms with Gasteiger partial charge in [-0.2, -0.15) is 0 Å². The normalized spacial score (nSPS) is 19.5. The first-order valence-corrected chi connectivity index (χ1v) is 6.61. The molecule has 0 spiro atoms. The number of hydrogen-bond acceptors (Lipinski definition) is 4. The summed E-state index contributed by atoms with van der Waals surface area (Å²) < 4.78 is 5.28. The molecular weight excluding hydrogens is 242 g/mol. The summed E-state index contributed by atoms with van der Waals surface area (Å²) in [5, 5.41) is 9.63. The largest absolute Gasteiger partial charge is 0.461 e. The number of aliphatic hydroxyl groups is 1. The third-order valence-electron chi connectivity index (χ3n) is 3.29. The Labute approximate surface area is 114 Å². The predicted molar refractivity (Wildman–Crippen MR) is 72.5 cm³/mol. The van der Waals surface area contributed by atoms with E-state index in [4.69, 9.17) is 4.74 Å². The van der Waals surface area contributed by atoms with Crippen LogP contribution in [-0.4, -0.2) is 41.2 Å². The molecule has 0 bridgehead atoms. The van der Waals surface area contributed by atoms with Gasteiger partial charge in [-0.15, -0.1) is 0 Å². The zero-order valence-corrected chi connectivity index (χ0v) is 11.5. The third-order valence-corrected chi connectivity index (χ3v) is 3.29. The fraction of sp³-hybridized carbons (Fsp3) is 0.533. The first-order valence-electron chi connectivity index (χ1n) is 6.61. The zero-order chi connectivity index (χ0) is 13.9. The van der Waals surface area contributed by atoms with Gasteiger partial charge in [0.2, 0.25) is 0 Å². The van der Waals surface area contributed by atoms with Crippen molar-refractivity contribution < 1.29 is 14.6 Å². The number of nitrogens with zero attached hydrogens (tertiary/aromatic N) is 1. The van der Waals surface area contributed by atoms with Gasteiger partial charge < -0.3 is 9.84 Å². The molecule has 4 heteroatoms. The van der Waals surface area contributed by atoms with Gasteiger partial charge in [0.15, 0.2) is 0 Å². The number of β-amino-alcohol motifs (C(OH)–C–C–N with tert-alkyl or cyclic N) is 1. The molecule has 1 aromatic carbocycles. The van der Waals surface area contributed by atoms with E-state index in [1.165, 1.54) is 0 Å². The Kier molecular flexibility index (Phi) is 4.22. The summed E-state index contributed by atoms with van der Waals surface area (Å²) in [4.78, 5) is 13.9. The van der Waals surface area contributed by atoms with E-state index in [0.717, 1.165) is 5.56 Å². The summed E-state index contributed by atoms with van der Waals surface area (Å²) >= 11 is 0. The molecule has 0 saturated carbocycles. The maximum absolute atomic E-state index is 11.8. The van der Waals surface area contributed by atoms with Crippen LogP contribution in [0.4, 0.5) is 0 Å². The number of esters is 1. The molecular formula is C15H21NO3. The van der Waals surface area contributed by atoms with Crippen molar-refractivity contribution in [2.75, 3.05) is 19.6 Å². The second kappa shape index (κ2) is 5.72. The minimum atomic E-state index is -0.590. The maximum atomic E-state index is 11.8. The Balaban J connectivity index is 1.71. The van der Waals surface area contributed by atoms with Crippen molar-refractivity contribution in [3.05, 3.63) is 35.9 Å². The van der Waals surface area contributed by atoms with Crippen molar-refractivity contribution in [2.45, 2.75) is 26.1 Å². The molecule has 0 amide bonds. The molecule has 104 valence electrons. The summed E-state index contributed by atoms with van der Waals surface area (Å²) in [7, 11) is 0. The molecule has 19 heavy (non-hydrogen) atoms. The van der Waals surface area contributed by atoms with E-state index >= 15 is 0 Å². The van der Waals surface area contributed by atoms with Crippen molar-refractivity contribution in [1.29, 1.82) is 0 Å².